The van der Waals surface area contributed by atoms with Gasteiger partial charge in [-0.1, -0.05) is 6.42 Å². The molecule has 2 rings (SSSR count). The molecule has 0 aliphatic heterocycles. The Bertz CT molecular complexity index is 499. The zero-order valence-corrected chi connectivity index (χ0v) is 17.5. The van der Waals surface area contributed by atoms with Crippen molar-refractivity contribution in [1.82, 2.24) is 20.4 Å². The van der Waals surface area contributed by atoms with Crippen molar-refractivity contribution in [2.45, 2.75) is 46.1 Å². The molecule has 0 unspecified atom stereocenters. The summed E-state index contributed by atoms with van der Waals surface area (Å²) >= 11 is 0. The second kappa shape index (κ2) is 10.9. The molecule has 7 heteroatoms. The third-order valence-electron chi connectivity index (χ3n) is 4.56. The SMILES string of the molecule is CCNC(=NCC1(CCOC)CCC1)NCCn1cc(C)cn1.I. The molecule has 0 aromatic carbocycles. The molecule has 2 N–H and O–H groups in total. The zero-order chi connectivity index (χ0) is 16.5. The number of aromatic nitrogens is 2. The Balaban J connectivity index is 0.00000288. The first-order chi connectivity index (χ1) is 11.2. The Morgan fingerprint density at radius 3 is 2.75 bits per heavy atom. The standard InChI is InChI=1S/C17H31N5O.HI/c1-4-18-16(19-9-10-22-13-15(2)12-21-22)20-14-17(6-5-7-17)8-11-23-3;/h12-13H,4-11,14H2,1-3H3,(H2,18,19,20);1H. The van der Waals surface area contributed by atoms with Crippen LogP contribution in [0.2, 0.25) is 0 Å². The van der Waals surface area contributed by atoms with Crippen molar-refractivity contribution < 1.29 is 4.74 Å². The van der Waals surface area contributed by atoms with E-state index in [0.29, 0.717) is 5.41 Å². The van der Waals surface area contributed by atoms with Crippen LogP contribution >= 0.6 is 24.0 Å². The van der Waals surface area contributed by atoms with E-state index in [2.05, 4.69) is 35.8 Å². The second-order valence-corrected chi connectivity index (χ2v) is 6.50. The van der Waals surface area contributed by atoms with Crippen molar-refractivity contribution in [3.63, 3.8) is 0 Å². The van der Waals surface area contributed by atoms with Gasteiger partial charge in [0.1, 0.15) is 0 Å². The number of ether oxygens (including phenoxy) is 1. The lowest BCUT2D eigenvalue weighted by Crippen LogP contribution is -2.41. The maximum atomic E-state index is 5.25. The van der Waals surface area contributed by atoms with E-state index in [-0.39, 0.29) is 24.0 Å². The zero-order valence-electron chi connectivity index (χ0n) is 15.2. The van der Waals surface area contributed by atoms with Gasteiger partial charge in [0, 0.05) is 39.5 Å². The van der Waals surface area contributed by atoms with Crippen LogP contribution in [0.25, 0.3) is 0 Å². The highest BCUT2D eigenvalue weighted by Gasteiger charge is 2.36. The number of rotatable bonds is 9. The quantitative estimate of drug-likeness (QED) is 0.346. The molecule has 6 nitrogen and oxygen atoms in total. The fourth-order valence-electron chi connectivity index (χ4n) is 2.95. The highest BCUT2D eigenvalue weighted by atomic mass is 127. The second-order valence-electron chi connectivity index (χ2n) is 6.50. The molecule has 1 aromatic heterocycles. The van der Waals surface area contributed by atoms with Gasteiger partial charge in [0.05, 0.1) is 12.7 Å². The van der Waals surface area contributed by atoms with Gasteiger partial charge in [-0.25, -0.2) is 0 Å². The number of nitrogens with one attached hydrogen (secondary N) is 2. The molecule has 0 amide bonds. The number of hydrogen-bond donors (Lipinski definition) is 2. The van der Waals surface area contributed by atoms with Crippen molar-refractivity contribution in [3.8, 4) is 0 Å². The summed E-state index contributed by atoms with van der Waals surface area (Å²) in [6.45, 7) is 8.40. The number of hydrogen-bond acceptors (Lipinski definition) is 3. The van der Waals surface area contributed by atoms with Crippen LogP contribution in [-0.4, -0.2) is 49.1 Å². The predicted molar refractivity (Wildman–Crippen MR) is 109 cm³/mol. The molecule has 0 bridgehead atoms. The number of methoxy groups -OCH3 is 1. The highest BCUT2D eigenvalue weighted by molar-refractivity contribution is 14.0. The Morgan fingerprint density at radius 2 is 2.21 bits per heavy atom. The lowest BCUT2D eigenvalue weighted by Gasteiger charge is -2.40. The molecule has 1 aliphatic rings. The summed E-state index contributed by atoms with van der Waals surface area (Å²) in [5, 5.41) is 11.0. The highest BCUT2D eigenvalue weighted by Crippen LogP contribution is 2.44. The van der Waals surface area contributed by atoms with Crippen LogP contribution in [0.5, 0.6) is 0 Å². The van der Waals surface area contributed by atoms with Gasteiger partial charge in [0.25, 0.3) is 0 Å². The van der Waals surface area contributed by atoms with Gasteiger partial charge in [-0.05, 0) is 44.1 Å². The molecule has 1 heterocycles. The molecule has 0 radical (unpaired) electrons. The monoisotopic (exact) mass is 449 g/mol. The fourth-order valence-corrected chi connectivity index (χ4v) is 2.95. The maximum Gasteiger partial charge on any atom is 0.191 e. The summed E-state index contributed by atoms with van der Waals surface area (Å²) in [6, 6.07) is 0. The lowest BCUT2D eigenvalue weighted by molar-refractivity contribution is 0.0778. The third kappa shape index (κ3) is 6.58. The summed E-state index contributed by atoms with van der Waals surface area (Å²) in [5.74, 6) is 0.903. The van der Waals surface area contributed by atoms with E-state index in [1.54, 1.807) is 7.11 Å². The molecule has 0 saturated heterocycles. The van der Waals surface area contributed by atoms with Crippen molar-refractivity contribution in [1.29, 1.82) is 0 Å². The van der Waals surface area contributed by atoms with Gasteiger partial charge in [-0.3, -0.25) is 9.67 Å². The lowest BCUT2D eigenvalue weighted by atomic mass is 9.67. The van der Waals surface area contributed by atoms with Gasteiger partial charge >= 0.3 is 0 Å². The Kier molecular flexibility index (Phi) is 9.65. The molecule has 1 aliphatic carbocycles. The summed E-state index contributed by atoms with van der Waals surface area (Å²) < 4.78 is 7.21. The van der Waals surface area contributed by atoms with Crippen molar-refractivity contribution >= 4 is 29.9 Å². The van der Waals surface area contributed by atoms with Crippen molar-refractivity contribution in [3.05, 3.63) is 18.0 Å². The van der Waals surface area contributed by atoms with E-state index >= 15 is 0 Å². The van der Waals surface area contributed by atoms with Crippen LogP contribution in [0.3, 0.4) is 0 Å². The van der Waals surface area contributed by atoms with Crippen LogP contribution in [0, 0.1) is 12.3 Å². The molecule has 138 valence electrons. The number of guanidine groups is 1. The van der Waals surface area contributed by atoms with Crippen molar-refractivity contribution in [2.75, 3.05) is 33.4 Å². The smallest absolute Gasteiger partial charge is 0.191 e. The van der Waals surface area contributed by atoms with E-state index in [0.717, 1.165) is 45.2 Å². The number of halogens is 1. The first-order valence-electron chi connectivity index (χ1n) is 8.68. The molecule has 0 spiro atoms. The minimum Gasteiger partial charge on any atom is -0.385 e. The van der Waals surface area contributed by atoms with Crippen LogP contribution in [0.4, 0.5) is 0 Å². The Labute approximate surface area is 162 Å². The average molecular weight is 449 g/mol. The van der Waals surface area contributed by atoms with E-state index in [1.807, 2.05) is 10.9 Å². The van der Waals surface area contributed by atoms with Gasteiger partial charge < -0.3 is 15.4 Å². The van der Waals surface area contributed by atoms with E-state index < -0.39 is 0 Å². The summed E-state index contributed by atoms with van der Waals surface area (Å²) in [4.78, 5) is 4.81. The van der Waals surface area contributed by atoms with Crippen LogP contribution in [0.15, 0.2) is 17.4 Å². The first-order valence-corrected chi connectivity index (χ1v) is 8.68. The molecule has 1 saturated carbocycles. The summed E-state index contributed by atoms with van der Waals surface area (Å²) in [7, 11) is 1.78. The molecule has 1 fully saturated rings. The van der Waals surface area contributed by atoms with E-state index in [9.17, 15) is 0 Å². The minimum atomic E-state index is 0. The number of aliphatic imine (C=N–C) groups is 1. The molecule has 24 heavy (non-hydrogen) atoms. The van der Waals surface area contributed by atoms with Gasteiger partial charge in [-0.15, -0.1) is 24.0 Å². The fraction of sp³-hybridized carbons (Fsp3) is 0.765. The predicted octanol–water partition coefficient (Wildman–Crippen LogP) is 2.57. The molecule has 1 aromatic rings. The van der Waals surface area contributed by atoms with Crippen molar-refractivity contribution in [2.24, 2.45) is 10.4 Å². The number of nitrogens with zero attached hydrogens (tertiary/aromatic N) is 3. The van der Waals surface area contributed by atoms with E-state index in [4.69, 9.17) is 9.73 Å². The minimum absolute atomic E-state index is 0. The number of aryl methyl sites for hydroxylation is 1. The summed E-state index contributed by atoms with van der Waals surface area (Å²) in [6.07, 6.45) is 8.91. The first kappa shape index (κ1) is 21.2. The normalized spacial score (nSPS) is 16.2. The Hall–Kier alpha value is -0.830. The van der Waals surface area contributed by atoms with Crippen LogP contribution in [-0.2, 0) is 11.3 Å². The summed E-state index contributed by atoms with van der Waals surface area (Å²) in [5.41, 5.74) is 1.55. The Morgan fingerprint density at radius 1 is 1.42 bits per heavy atom. The van der Waals surface area contributed by atoms with Gasteiger partial charge in [0.15, 0.2) is 5.96 Å². The maximum absolute atomic E-state index is 5.25. The topological polar surface area (TPSA) is 63.5 Å². The third-order valence-corrected chi connectivity index (χ3v) is 4.56. The van der Waals surface area contributed by atoms with Gasteiger partial charge in [0.2, 0.25) is 0 Å². The largest absolute Gasteiger partial charge is 0.385 e. The molecular weight excluding hydrogens is 417 g/mol. The average Bonchev–Trinajstić information content (AvgIpc) is 2.91. The molecule has 0 atom stereocenters. The van der Waals surface area contributed by atoms with Crippen LogP contribution in [0.1, 0.15) is 38.2 Å². The van der Waals surface area contributed by atoms with Gasteiger partial charge in [-0.2, -0.15) is 5.10 Å². The molecular formula is C17H32IN5O. The van der Waals surface area contributed by atoms with Crippen LogP contribution < -0.4 is 10.6 Å². The van der Waals surface area contributed by atoms with E-state index in [1.165, 1.54) is 24.8 Å².